The van der Waals surface area contributed by atoms with Gasteiger partial charge in [-0.05, 0) is 99.8 Å². The normalized spacial score (nSPS) is 29.4. The highest BCUT2D eigenvalue weighted by Gasteiger charge is 2.61. The van der Waals surface area contributed by atoms with Crippen molar-refractivity contribution in [1.82, 2.24) is 14.6 Å². The van der Waals surface area contributed by atoms with E-state index in [0.717, 1.165) is 23.6 Å². The van der Waals surface area contributed by atoms with Crippen LogP contribution in [0.15, 0.2) is 36.4 Å². The zero-order valence-corrected chi connectivity index (χ0v) is 33.9. The molecular formula is C41H56N4O9S. The topological polar surface area (TPSA) is 162 Å². The molecule has 1 aromatic carbocycles. The summed E-state index contributed by atoms with van der Waals surface area (Å²) in [7, 11) is 1.48. The van der Waals surface area contributed by atoms with Crippen molar-refractivity contribution in [3.63, 3.8) is 0 Å². The monoisotopic (exact) mass is 780 g/mol. The number of anilines is 1. The fourth-order valence-electron chi connectivity index (χ4n) is 8.27. The van der Waals surface area contributed by atoms with Gasteiger partial charge in [-0.15, -0.1) is 0 Å². The van der Waals surface area contributed by atoms with Crippen molar-refractivity contribution < 1.29 is 41.8 Å². The molecule has 1 N–H and O–H groups in total. The van der Waals surface area contributed by atoms with E-state index in [9.17, 15) is 27.6 Å². The number of pyridine rings is 1. The molecule has 3 heterocycles. The Kier molecular flexibility index (Phi) is 11.9. The number of rotatable bonds is 10. The number of hydrogen-bond donors (Lipinski definition) is 1. The molecule has 2 aliphatic carbocycles. The summed E-state index contributed by atoms with van der Waals surface area (Å²) in [6.07, 6.45) is 6.25. The van der Waals surface area contributed by atoms with Gasteiger partial charge in [0.1, 0.15) is 17.7 Å². The number of sulfonamides is 1. The van der Waals surface area contributed by atoms with E-state index in [-0.39, 0.29) is 61.4 Å². The molecule has 300 valence electrons. The number of carbonyl (C=O) groups excluding carboxylic acids is 4. The van der Waals surface area contributed by atoms with Gasteiger partial charge in [0.15, 0.2) is 5.78 Å². The summed E-state index contributed by atoms with van der Waals surface area (Å²) >= 11 is 0. The predicted molar refractivity (Wildman–Crippen MR) is 208 cm³/mol. The molecule has 1 saturated heterocycles. The van der Waals surface area contributed by atoms with Crippen molar-refractivity contribution in [3.05, 3.63) is 36.4 Å². The van der Waals surface area contributed by atoms with Crippen LogP contribution < -0.4 is 19.1 Å². The molecule has 55 heavy (non-hydrogen) atoms. The first kappa shape index (κ1) is 40.5. The average molecular weight is 781 g/mol. The van der Waals surface area contributed by atoms with Crippen molar-refractivity contribution in [2.45, 2.75) is 109 Å². The fourth-order valence-corrected chi connectivity index (χ4v) is 9.66. The van der Waals surface area contributed by atoms with Crippen LogP contribution in [0.25, 0.3) is 10.8 Å². The molecular weight excluding hydrogens is 725 g/mol. The number of ether oxygens (including phenoxy) is 3. The number of methoxy groups -OCH3 is 1. The number of fused-ring (bicyclic) bond motifs is 3. The molecule has 1 aromatic heterocycles. The van der Waals surface area contributed by atoms with Crippen LogP contribution in [0, 0.1) is 29.1 Å². The Morgan fingerprint density at radius 1 is 1.09 bits per heavy atom. The Balaban J connectivity index is 1.37. The Hall–Kier alpha value is -4.20. The van der Waals surface area contributed by atoms with Crippen LogP contribution in [-0.4, -0.2) is 93.1 Å². The maximum atomic E-state index is 14.9. The number of hydrogen-bond acceptors (Lipinski definition) is 11. The zero-order chi connectivity index (χ0) is 39.8. The van der Waals surface area contributed by atoms with Gasteiger partial charge < -0.3 is 24.0 Å². The van der Waals surface area contributed by atoms with Gasteiger partial charge in [-0.1, -0.05) is 26.0 Å². The summed E-state index contributed by atoms with van der Waals surface area (Å²) < 4.78 is 45.8. The van der Waals surface area contributed by atoms with Crippen LogP contribution in [0.3, 0.4) is 0 Å². The number of amides is 2. The van der Waals surface area contributed by atoms with E-state index in [4.69, 9.17) is 19.2 Å². The summed E-state index contributed by atoms with van der Waals surface area (Å²) in [5.74, 6) is -1.27. The number of carbonyl (C=O) groups is 4. The quantitative estimate of drug-likeness (QED) is 0.249. The van der Waals surface area contributed by atoms with E-state index in [2.05, 4.69) is 11.6 Å². The number of allylic oxidation sites excluding steroid dienone is 2. The first-order chi connectivity index (χ1) is 26.0. The molecule has 4 aliphatic rings. The molecule has 0 unspecified atom stereocenters. The van der Waals surface area contributed by atoms with Crippen LogP contribution in [0.1, 0.15) is 85.5 Å². The second-order valence-corrected chi connectivity index (χ2v) is 18.7. The smallest absolute Gasteiger partial charge is 0.306 e. The lowest BCUT2D eigenvalue weighted by molar-refractivity contribution is -0.154. The Morgan fingerprint density at radius 2 is 1.84 bits per heavy atom. The molecule has 2 aromatic rings. The van der Waals surface area contributed by atoms with Gasteiger partial charge >= 0.3 is 5.97 Å². The maximum absolute atomic E-state index is 14.9. The molecule has 3 fully saturated rings. The minimum Gasteiger partial charge on any atom is -0.497 e. The largest absolute Gasteiger partial charge is 0.497 e. The summed E-state index contributed by atoms with van der Waals surface area (Å²) in [6, 6.07) is 6.51. The van der Waals surface area contributed by atoms with Crippen LogP contribution in [-0.2, 0) is 33.9 Å². The van der Waals surface area contributed by atoms with Crippen molar-refractivity contribution in [2.24, 2.45) is 29.1 Å². The Morgan fingerprint density at radius 3 is 2.51 bits per heavy atom. The molecule has 6 rings (SSSR count). The van der Waals surface area contributed by atoms with Crippen molar-refractivity contribution in [2.75, 3.05) is 32.6 Å². The summed E-state index contributed by atoms with van der Waals surface area (Å²) in [4.78, 5) is 64.7. The molecule has 0 bridgehead atoms. The van der Waals surface area contributed by atoms with E-state index in [1.54, 1.807) is 21.0 Å². The van der Waals surface area contributed by atoms with Crippen LogP contribution >= 0.6 is 0 Å². The molecule has 7 atom stereocenters. The lowest BCUT2D eigenvalue weighted by Crippen LogP contribution is -2.47. The highest BCUT2D eigenvalue weighted by molar-refractivity contribution is 7.90. The van der Waals surface area contributed by atoms with E-state index >= 15 is 0 Å². The Bertz CT molecular complexity index is 1940. The van der Waals surface area contributed by atoms with Gasteiger partial charge in [0.05, 0.1) is 48.8 Å². The number of nitrogens with one attached hydrogen (secondary N) is 1. The minimum atomic E-state index is -3.85. The highest BCUT2D eigenvalue weighted by Crippen LogP contribution is 2.57. The zero-order valence-electron chi connectivity index (χ0n) is 33.1. The molecule has 14 heteroatoms. The first-order valence-corrected chi connectivity index (χ1v) is 21.1. The third-order valence-electron chi connectivity index (χ3n) is 11.6. The first-order valence-electron chi connectivity index (χ1n) is 19.6. The van der Waals surface area contributed by atoms with E-state index in [1.807, 2.05) is 62.3 Å². The third kappa shape index (κ3) is 9.10. The van der Waals surface area contributed by atoms with Crippen LogP contribution in [0.2, 0.25) is 0 Å². The lowest BCUT2D eigenvalue weighted by Gasteiger charge is -2.32. The molecule has 0 radical (unpaired) electrons. The lowest BCUT2D eigenvalue weighted by atomic mass is 9.82. The Labute approximate surface area is 324 Å². The number of benzene rings is 1. The van der Waals surface area contributed by atoms with E-state index < -0.39 is 50.6 Å². The molecule has 2 amide bonds. The second-order valence-electron chi connectivity index (χ2n) is 16.7. The third-order valence-corrected chi connectivity index (χ3v) is 13.5. The average Bonchev–Trinajstić information content (AvgIpc) is 4.04. The van der Waals surface area contributed by atoms with Gasteiger partial charge in [-0.2, -0.15) is 4.98 Å². The SMILES string of the molecule is COc1ccc2c(O[C@@H]3C[C@H]4C(=O)C[C@]5(C(=O)NS(=O)(=O)C6CC6)C[C@H]5/C=C\CC[C@@H](C)C[C@@H](C)[C@H](CC(=O)OC(C)C)C(=O)N4C3)nc(N(C)C)cc2c1. The van der Waals surface area contributed by atoms with Gasteiger partial charge in [0.2, 0.25) is 27.7 Å². The fraction of sp³-hybridized carbons (Fsp3) is 0.634. The number of nitrogens with zero attached hydrogens (tertiary/aromatic N) is 3. The summed E-state index contributed by atoms with van der Waals surface area (Å²) in [6.45, 7) is 7.67. The molecule has 13 nitrogen and oxygen atoms in total. The standard InChI is InChI=1S/C41H56N4O9S/c1-24(2)53-37(47)20-33-26(4)16-25(3)10-8-9-11-28-21-41(28,40(49)43-55(50,51)31-13-14-31)22-35(46)34-19-30(23-45(34)39(33)48)54-38-32-15-12-29(52-7)17-27(32)18-36(42-38)44(5)6/h9,11-12,15,17-18,24-26,28,30-31,33-34H,8,10,13-14,16,19-23H2,1-7H3,(H,43,49)/b11-9-/t25-,26-,28-,30-,33+,34+,41-/m1/s1. The van der Waals surface area contributed by atoms with Crippen molar-refractivity contribution in [1.29, 1.82) is 0 Å². The summed E-state index contributed by atoms with van der Waals surface area (Å²) in [5, 5.41) is 0.964. The van der Waals surface area contributed by atoms with Crippen molar-refractivity contribution in [3.8, 4) is 11.6 Å². The van der Waals surface area contributed by atoms with E-state index in [1.165, 1.54) is 4.90 Å². The summed E-state index contributed by atoms with van der Waals surface area (Å²) in [5.41, 5.74) is -1.25. The number of aromatic nitrogens is 1. The number of esters is 1. The predicted octanol–water partition coefficient (Wildman–Crippen LogP) is 5.20. The number of ketones is 1. The van der Waals surface area contributed by atoms with Crippen molar-refractivity contribution >= 4 is 50.2 Å². The van der Waals surface area contributed by atoms with Gasteiger partial charge in [0.25, 0.3) is 0 Å². The van der Waals surface area contributed by atoms with Crippen LogP contribution in [0.5, 0.6) is 11.6 Å². The maximum Gasteiger partial charge on any atom is 0.306 e. The molecule has 2 aliphatic heterocycles. The van der Waals surface area contributed by atoms with Gasteiger partial charge in [-0.3, -0.25) is 23.9 Å². The molecule has 0 spiro atoms. The number of Topliss-reactive ketones (excluding diaryl/α,β-unsaturated/α-hetero) is 1. The minimum absolute atomic E-state index is 0.0529. The highest BCUT2D eigenvalue weighted by atomic mass is 32.2. The second kappa shape index (κ2) is 16.1. The van der Waals surface area contributed by atoms with Gasteiger partial charge in [-0.25, -0.2) is 8.42 Å². The van der Waals surface area contributed by atoms with Crippen LogP contribution in [0.4, 0.5) is 5.82 Å². The van der Waals surface area contributed by atoms with Gasteiger partial charge in [0, 0.05) is 32.3 Å². The van der Waals surface area contributed by atoms with E-state index in [0.29, 0.717) is 43.1 Å². The molecule has 2 saturated carbocycles.